The molecule has 1 saturated heterocycles. The second-order valence-corrected chi connectivity index (χ2v) is 4.76. The van der Waals surface area contributed by atoms with Gasteiger partial charge in [0.25, 0.3) is 0 Å². The van der Waals surface area contributed by atoms with E-state index in [9.17, 15) is 9.18 Å². The number of carbonyl (C=O) groups is 1. The molecule has 1 heterocycles. The van der Waals surface area contributed by atoms with Crippen LogP contribution in [0.2, 0.25) is 0 Å². The zero-order chi connectivity index (χ0) is 13.8. The first-order valence-electron chi connectivity index (χ1n) is 6.17. The Bertz CT molecular complexity index is 510. The zero-order valence-corrected chi connectivity index (χ0v) is 10.7. The molecule has 6 heteroatoms. The minimum atomic E-state index is -0.287. The number of azide groups is 1. The largest absolute Gasteiger partial charge is 0.336 e. The molecule has 19 heavy (non-hydrogen) atoms. The summed E-state index contributed by atoms with van der Waals surface area (Å²) in [5, 5.41) is 3.52. The average molecular weight is 262 g/mol. The lowest BCUT2D eigenvalue weighted by molar-refractivity contribution is -0.129. The van der Waals surface area contributed by atoms with E-state index in [1.54, 1.807) is 17.0 Å². The van der Waals surface area contributed by atoms with Crippen LogP contribution in [0.3, 0.4) is 0 Å². The molecule has 2 rings (SSSR count). The van der Waals surface area contributed by atoms with E-state index in [1.807, 2.05) is 6.92 Å². The Labute approximate surface area is 110 Å². The summed E-state index contributed by atoms with van der Waals surface area (Å²) in [6.45, 7) is 2.84. The third-order valence-corrected chi connectivity index (χ3v) is 3.46. The lowest BCUT2D eigenvalue weighted by Crippen LogP contribution is -2.28. The number of carbonyl (C=O) groups excluding carboxylic acids is 1. The lowest BCUT2D eigenvalue weighted by atomic mass is 10.1. The Balaban J connectivity index is 2.07. The van der Waals surface area contributed by atoms with E-state index in [-0.39, 0.29) is 23.7 Å². The summed E-state index contributed by atoms with van der Waals surface area (Å²) in [7, 11) is 0. The van der Waals surface area contributed by atoms with E-state index in [0.29, 0.717) is 19.5 Å². The van der Waals surface area contributed by atoms with Gasteiger partial charge in [0.2, 0.25) is 5.91 Å². The minimum Gasteiger partial charge on any atom is -0.336 e. The van der Waals surface area contributed by atoms with Gasteiger partial charge in [-0.25, -0.2) is 4.39 Å². The third-order valence-electron chi connectivity index (χ3n) is 3.46. The molecule has 1 aromatic rings. The first-order chi connectivity index (χ1) is 9.11. The van der Waals surface area contributed by atoms with Crippen LogP contribution in [0.4, 0.5) is 4.39 Å². The summed E-state index contributed by atoms with van der Waals surface area (Å²) in [5.41, 5.74) is 9.20. The molecule has 0 spiro atoms. The first-order valence-corrected chi connectivity index (χ1v) is 6.17. The highest BCUT2D eigenvalue weighted by Gasteiger charge is 2.32. The van der Waals surface area contributed by atoms with Crippen LogP contribution in [0.25, 0.3) is 10.4 Å². The van der Waals surface area contributed by atoms with Gasteiger partial charge in [-0.05, 0) is 36.1 Å². The number of hydrogen-bond acceptors (Lipinski definition) is 2. The first kappa shape index (κ1) is 13.4. The summed E-state index contributed by atoms with van der Waals surface area (Å²) < 4.78 is 12.9. The van der Waals surface area contributed by atoms with E-state index >= 15 is 0 Å². The summed E-state index contributed by atoms with van der Waals surface area (Å²) in [6.07, 6.45) is 0.407. The number of nitrogens with zero attached hydrogens (tertiary/aromatic N) is 4. The summed E-state index contributed by atoms with van der Waals surface area (Å²) in [4.78, 5) is 16.4. The summed E-state index contributed by atoms with van der Waals surface area (Å²) >= 11 is 0. The Morgan fingerprint density at radius 2 is 2.21 bits per heavy atom. The standard InChI is InChI=1S/C13H15FN4O/c1-9(11-2-4-12(14)5-3-11)18-8-10(6-13(18)19)7-16-17-15/h2-5,9-10H,6-8H2,1H3. The van der Waals surface area contributed by atoms with Crippen molar-refractivity contribution in [2.45, 2.75) is 19.4 Å². The third kappa shape index (κ3) is 3.03. The van der Waals surface area contributed by atoms with E-state index < -0.39 is 0 Å². The number of hydrogen-bond donors (Lipinski definition) is 0. The van der Waals surface area contributed by atoms with E-state index in [4.69, 9.17) is 5.53 Å². The second kappa shape index (κ2) is 5.71. The Hall–Kier alpha value is -2.07. The fourth-order valence-corrected chi connectivity index (χ4v) is 2.38. The maximum atomic E-state index is 12.9. The Kier molecular flexibility index (Phi) is 4.02. The molecule has 1 aliphatic heterocycles. The van der Waals surface area contributed by atoms with Crippen LogP contribution in [0, 0.1) is 11.7 Å². The molecule has 0 bridgehead atoms. The van der Waals surface area contributed by atoms with Gasteiger partial charge in [0.05, 0.1) is 6.04 Å². The maximum absolute atomic E-state index is 12.9. The SMILES string of the molecule is CC(c1ccc(F)cc1)N1CC(CN=[N+]=[N-])CC1=O. The number of benzene rings is 1. The number of amides is 1. The minimum absolute atomic E-state index is 0.0509. The smallest absolute Gasteiger partial charge is 0.223 e. The number of rotatable bonds is 4. The molecule has 1 aliphatic rings. The van der Waals surface area contributed by atoms with Gasteiger partial charge in [-0.2, -0.15) is 0 Å². The van der Waals surface area contributed by atoms with Gasteiger partial charge in [0.1, 0.15) is 5.82 Å². The Morgan fingerprint density at radius 3 is 2.84 bits per heavy atom. The second-order valence-electron chi connectivity index (χ2n) is 4.76. The highest BCUT2D eigenvalue weighted by atomic mass is 19.1. The van der Waals surface area contributed by atoms with Crippen molar-refractivity contribution in [3.63, 3.8) is 0 Å². The molecule has 2 unspecified atom stereocenters. The zero-order valence-electron chi connectivity index (χ0n) is 10.7. The van der Waals surface area contributed by atoms with Gasteiger partial charge in [0, 0.05) is 24.4 Å². The normalized spacial score (nSPS) is 20.2. The Morgan fingerprint density at radius 1 is 1.53 bits per heavy atom. The van der Waals surface area contributed by atoms with E-state index in [2.05, 4.69) is 10.0 Å². The quantitative estimate of drug-likeness (QED) is 0.467. The van der Waals surface area contributed by atoms with Crippen molar-refractivity contribution in [3.8, 4) is 0 Å². The van der Waals surface area contributed by atoms with Crippen LogP contribution in [0.5, 0.6) is 0 Å². The molecular weight excluding hydrogens is 247 g/mol. The van der Waals surface area contributed by atoms with Gasteiger partial charge in [-0.1, -0.05) is 17.2 Å². The monoisotopic (exact) mass is 262 g/mol. The molecule has 0 N–H and O–H groups in total. The molecular formula is C13H15FN4O. The fraction of sp³-hybridized carbons (Fsp3) is 0.462. The molecule has 0 radical (unpaired) electrons. The summed E-state index contributed by atoms with van der Waals surface area (Å²) in [6, 6.07) is 6.07. The van der Waals surface area contributed by atoms with Gasteiger partial charge in [-0.3, -0.25) is 4.79 Å². The topological polar surface area (TPSA) is 69.1 Å². The maximum Gasteiger partial charge on any atom is 0.223 e. The van der Waals surface area contributed by atoms with Crippen molar-refractivity contribution in [3.05, 3.63) is 46.1 Å². The van der Waals surface area contributed by atoms with Crippen molar-refractivity contribution < 1.29 is 9.18 Å². The lowest BCUT2D eigenvalue weighted by Gasteiger charge is -2.25. The van der Waals surface area contributed by atoms with Crippen molar-refractivity contribution >= 4 is 5.91 Å². The predicted molar refractivity (Wildman–Crippen MR) is 68.6 cm³/mol. The van der Waals surface area contributed by atoms with Crippen molar-refractivity contribution in [1.29, 1.82) is 0 Å². The van der Waals surface area contributed by atoms with Gasteiger partial charge >= 0.3 is 0 Å². The fourth-order valence-electron chi connectivity index (χ4n) is 2.38. The van der Waals surface area contributed by atoms with Gasteiger partial charge in [-0.15, -0.1) is 0 Å². The van der Waals surface area contributed by atoms with Gasteiger partial charge in [0.15, 0.2) is 0 Å². The molecule has 0 aromatic heterocycles. The summed E-state index contributed by atoms with van der Waals surface area (Å²) in [5.74, 6) is -0.161. The molecule has 1 amide bonds. The molecule has 0 saturated carbocycles. The van der Waals surface area contributed by atoms with Crippen LogP contribution in [0.1, 0.15) is 24.9 Å². The van der Waals surface area contributed by atoms with Crippen molar-refractivity contribution in [2.24, 2.45) is 11.0 Å². The predicted octanol–water partition coefficient (Wildman–Crippen LogP) is 3.05. The van der Waals surface area contributed by atoms with Crippen molar-refractivity contribution in [2.75, 3.05) is 13.1 Å². The molecule has 100 valence electrons. The molecule has 1 fully saturated rings. The number of likely N-dealkylation sites (tertiary alicyclic amines) is 1. The molecule has 0 aliphatic carbocycles. The van der Waals surface area contributed by atoms with E-state index in [1.165, 1.54) is 12.1 Å². The van der Waals surface area contributed by atoms with Gasteiger partial charge < -0.3 is 4.90 Å². The molecule has 1 aromatic carbocycles. The molecule has 5 nitrogen and oxygen atoms in total. The van der Waals surface area contributed by atoms with E-state index in [0.717, 1.165) is 5.56 Å². The van der Waals surface area contributed by atoms with Crippen LogP contribution < -0.4 is 0 Å². The highest BCUT2D eigenvalue weighted by molar-refractivity contribution is 5.79. The van der Waals surface area contributed by atoms with Crippen LogP contribution in [-0.2, 0) is 4.79 Å². The van der Waals surface area contributed by atoms with Crippen LogP contribution in [-0.4, -0.2) is 23.9 Å². The highest BCUT2D eigenvalue weighted by Crippen LogP contribution is 2.28. The van der Waals surface area contributed by atoms with Crippen molar-refractivity contribution in [1.82, 2.24) is 4.90 Å². The number of halogens is 1. The van der Waals surface area contributed by atoms with Crippen LogP contribution in [0.15, 0.2) is 29.4 Å². The van der Waals surface area contributed by atoms with Crippen LogP contribution >= 0.6 is 0 Å². The average Bonchev–Trinajstić information content (AvgIpc) is 2.77. The molecule has 2 atom stereocenters.